The monoisotopic (exact) mass is 294 g/mol. The second kappa shape index (κ2) is 5.96. The summed E-state index contributed by atoms with van der Waals surface area (Å²) in [7, 11) is 0. The lowest BCUT2D eigenvalue weighted by atomic mass is 9.95. The van der Waals surface area contributed by atoms with Crippen LogP contribution in [0.4, 0.5) is 4.79 Å². The Morgan fingerprint density at radius 1 is 1.40 bits per heavy atom. The van der Waals surface area contributed by atoms with Crippen molar-refractivity contribution in [2.24, 2.45) is 0 Å². The van der Waals surface area contributed by atoms with Gasteiger partial charge in [0.05, 0.1) is 18.2 Å². The quantitative estimate of drug-likeness (QED) is 0.842. The van der Waals surface area contributed by atoms with Crippen LogP contribution in [0.2, 0.25) is 5.02 Å². The van der Waals surface area contributed by atoms with E-state index in [-0.39, 0.29) is 12.6 Å². The van der Waals surface area contributed by atoms with Gasteiger partial charge in [-0.2, -0.15) is 0 Å². The highest BCUT2D eigenvalue weighted by atomic mass is 35.5. The molecule has 0 spiro atoms. The molecule has 0 aromatic heterocycles. The van der Waals surface area contributed by atoms with E-state index in [1.54, 1.807) is 38.1 Å². The van der Waals surface area contributed by atoms with Gasteiger partial charge in [-0.15, -0.1) is 0 Å². The molecule has 0 bridgehead atoms. The van der Waals surface area contributed by atoms with Gasteiger partial charge in [-0.25, -0.2) is 9.59 Å². The van der Waals surface area contributed by atoms with Crippen LogP contribution >= 0.6 is 11.6 Å². The SMILES string of the molecule is CCOC(=O)C1=C(C)NC(=O)N[C@H]1c1ccccc1Cl. The molecule has 2 rings (SSSR count). The Hall–Kier alpha value is -2.01. The van der Waals surface area contributed by atoms with Gasteiger partial charge in [0.25, 0.3) is 0 Å². The number of urea groups is 1. The van der Waals surface area contributed by atoms with Crippen molar-refractivity contribution in [2.75, 3.05) is 6.61 Å². The molecule has 0 saturated heterocycles. The molecule has 6 heteroatoms. The summed E-state index contributed by atoms with van der Waals surface area (Å²) in [5, 5.41) is 5.75. The van der Waals surface area contributed by atoms with Gasteiger partial charge in [-0.3, -0.25) is 0 Å². The summed E-state index contributed by atoms with van der Waals surface area (Å²) in [4.78, 5) is 23.7. The number of benzene rings is 1. The molecule has 106 valence electrons. The van der Waals surface area contributed by atoms with Crippen LogP contribution in [0.5, 0.6) is 0 Å². The number of hydrogen-bond donors (Lipinski definition) is 2. The van der Waals surface area contributed by atoms with Gasteiger partial charge < -0.3 is 15.4 Å². The lowest BCUT2D eigenvalue weighted by Gasteiger charge is -2.28. The van der Waals surface area contributed by atoms with Crippen molar-refractivity contribution in [2.45, 2.75) is 19.9 Å². The van der Waals surface area contributed by atoms with Crippen molar-refractivity contribution in [1.82, 2.24) is 10.6 Å². The Bertz CT molecular complexity index is 584. The zero-order valence-electron chi connectivity index (χ0n) is 11.2. The first-order valence-electron chi connectivity index (χ1n) is 6.24. The van der Waals surface area contributed by atoms with Crippen LogP contribution in [0.15, 0.2) is 35.5 Å². The topological polar surface area (TPSA) is 67.4 Å². The van der Waals surface area contributed by atoms with Crippen molar-refractivity contribution < 1.29 is 14.3 Å². The Balaban J connectivity index is 2.48. The summed E-state index contributed by atoms with van der Waals surface area (Å²) in [6, 6.07) is 6.08. The van der Waals surface area contributed by atoms with E-state index in [4.69, 9.17) is 16.3 Å². The number of carbonyl (C=O) groups excluding carboxylic acids is 2. The molecule has 0 fully saturated rings. The number of hydrogen-bond acceptors (Lipinski definition) is 3. The predicted octanol–water partition coefficient (Wildman–Crippen LogP) is 2.53. The number of rotatable bonds is 3. The molecule has 2 N–H and O–H groups in total. The molecule has 1 aromatic rings. The van der Waals surface area contributed by atoms with Crippen LogP contribution < -0.4 is 10.6 Å². The lowest BCUT2D eigenvalue weighted by molar-refractivity contribution is -0.139. The predicted molar refractivity (Wildman–Crippen MR) is 75.2 cm³/mol. The van der Waals surface area contributed by atoms with E-state index >= 15 is 0 Å². The van der Waals surface area contributed by atoms with Crippen molar-refractivity contribution in [3.8, 4) is 0 Å². The summed E-state index contributed by atoms with van der Waals surface area (Å²) >= 11 is 6.15. The average molecular weight is 295 g/mol. The number of nitrogens with one attached hydrogen (secondary N) is 2. The maximum Gasteiger partial charge on any atom is 0.338 e. The van der Waals surface area contributed by atoms with E-state index in [1.807, 2.05) is 0 Å². The standard InChI is InChI=1S/C14H15ClN2O3/c1-3-20-13(18)11-8(2)16-14(19)17-12(11)9-6-4-5-7-10(9)15/h4-7,12H,3H2,1-2H3,(H2,16,17,19)/t12-/m0/s1. The molecule has 1 heterocycles. The second-order valence-electron chi connectivity index (χ2n) is 4.31. The van der Waals surface area contributed by atoms with Gasteiger partial charge in [-0.05, 0) is 25.5 Å². The largest absolute Gasteiger partial charge is 0.463 e. The fourth-order valence-electron chi connectivity index (χ4n) is 2.12. The average Bonchev–Trinajstić information content (AvgIpc) is 2.38. The molecule has 0 aliphatic carbocycles. The molecule has 1 atom stereocenters. The molecule has 1 aromatic carbocycles. The fourth-order valence-corrected chi connectivity index (χ4v) is 2.36. The minimum atomic E-state index is -0.614. The van der Waals surface area contributed by atoms with Crippen LogP contribution in [0.1, 0.15) is 25.5 Å². The van der Waals surface area contributed by atoms with Crippen molar-refractivity contribution in [3.05, 3.63) is 46.1 Å². The van der Waals surface area contributed by atoms with Crippen LogP contribution in [-0.2, 0) is 9.53 Å². The molecule has 5 nitrogen and oxygen atoms in total. The minimum Gasteiger partial charge on any atom is -0.463 e. The molecule has 2 amide bonds. The Morgan fingerprint density at radius 2 is 2.10 bits per heavy atom. The third-order valence-electron chi connectivity index (χ3n) is 2.98. The van der Waals surface area contributed by atoms with Crippen LogP contribution in [0.25, 0.3) is 0 Å². The van der Waals surface area contributed by atoms with Gasteiger partial charge in [0, 0.05) is 10.7 Å². The molecule has 1 aliphatic heterocycles. The summed E-state index contributed by atoms with van der Waals surface area (Å²) in [6.45, 7) is 3.65. The normalized spacial score (nSPS) is 18.4. The molecule has 1 aliphatic rings. The third-order valence-corrected chi connectivity index (χ3v) is 3.32. The summed E-state index contributed by atoms with van der Waals surface area (Å²) in [6.07, 6.45) is 0. The number of amides is 2. The van der Waals surface area contributed by atoms with E-state index in [1.165, 1.54) is 0 Å². The lowest BCUT2D eigenvalue weighted by Crippen LogP contribution is -2.45. The molecular weight excluding hydrogens is 280 g/mol. The molecule has 0 unspecified atom stereocenters. The van der Waals surface area contributed by atoms with Gasteiger partial charge in [0.2, 0.25) is 0 Å². The minimum absolute atomic E-state index is 0.263. The van der Waals surface area contributed by atoms with Gasteiger partial charge in [0.1, 0.15) is 0 Å². The molecule has 0 radical (unpaired) electrons. The molecular formula is C14H15ClN2O3. The number of halogens is 1. The van der Waals surface area contributed by atoms with E-state index in [9.17, 15) is 9.59 Å². The first-order chi connectivity index (χ1) is 9.54. The maximum absolute atomic E-state index is 12.1. The fraction of sp³-hybridized carbons (Fsp3) is 0.286. The number of allylic oxidation sites excluding steroid dienone is 1. The highest BCUT2D eigenvalue weighted by Crippen LogP contribution is 2.31. The molecule has 20 heavy (non-hydrogen) atoms. The van der Waals surface area contributed by atoms with Crippen LogP contribution in [-0.4, -0.2) is 18.6 Å². The van der Waals surface area contributed by atoms with Crippen LogP contribution in [0, 0.1) is 0 Å². The van der Waals surface area contributed by atoms with E-state index < -0.39 is 12.0 Å². The van der Waals surface area contributed by atoms with Crippen molar-refractivity contribution in [1.29, 1.82) is 0 Å². The van der Waals surface area contributed by atoms with Crippen LogP contribution in [0.3, 0.4) is 0 Å². The summed E-state index contributed by atoms with van der Waals surface area (Å²) < 4.78 is 5.05. The Kier molecular flexibility index (Phi) is 4.29. The smallest absolute Gasteiger partial charge is 0.338 e. The first-order valence-corrected chi connectivity index (χ1v) is 6.62. The Morgan fingerprint density at radius 3 is 2.75 bits per heavy atom. The van der Waals surface area contributed by atoms with Gasteiger partial charge in [-0.1, -0.05) is 29.8 Å². The summed E-state index contributed by atoms with van der Waals surface area (Å²) in [5.74, 6) is -0.470. The number of carbonyl (C=O) groups is 2. The highest BCUT2D eigenvalue weighted by molar-refractivity contribution is 6.31. The van der Waals surface area contributed by atoms with Crippen molar-refractivity contribution >= 4 is 23.6 Å². The zero-order valence-corrected chi connectivity index (χ0v) is 12.0. The van der Waals surface area contributed by atoms with Gasteiger partial charge >= 0.3 is 12.0 Å². The van der Waals surface area contributed by atoms with Gasteiger partial charge in [0.15, 0.2) is 0 Å². The number of esters is 1. The number of ether oxygens (including phenoxy) is 1. The van der Waals surface area contributed by atoms with E-state index in [0.29, 0.717) is 21.9 Å². The maximum atomic E-state index is 12.1. The third kappa shape index (κ3) is 2.77. The second-order valence-corrected chi connectivity index (χ2v) is 4.72. The van der Waals surface area contributed by atoms with E-state index in [0.717, 1.165) is 0 Å². The van der Waals surface area contributed by atoms with E-state index in [2.05, 4.69) is 10.6 Å². The molecule has 0 saturated carbocycles. The zero-order chi connectivity index (χ0) is 14.7. The highest BCUT2D eigenvalue weighted by Gasteiger charge is 2.32. The Labute approximate surface area is 121 Å². The summed E-state index contributed by atoms with van der Waals surface area (Å²) in [5.41, 5.74) is 1.49. The first kappa shape index (κ1) is 14.4. The van der Waals surface area contributed by atoms with Crippen molar-refractivity contribution in [3.63, 3.8) is 0 Å².